The molecule has 0 radical (unpaired) electrons. The van der Waals surface area contributed by atoms with Crippen molar-refractivity contribution >= 4 is 28.0 Å². The van der Waals surface area contributed by atoms with Crippen molar-refractivity contribution in [3.63, 3.8) is 0 Å². The van der Waals surface area contributed by atoms with Gasteiger partial charge < -0.3 is 4.74 Å². The molecule has 124 valence electrons. The van der Waals surface area contributed by atoms with Gasteiger partial charge in [-0.3, -0.25) is 4.79 Å². The van der Waals surface area contributed by atoms with Crippen LogP contribution in [-0.2, 0) is 6.61 Å². The lowest BCUT2D eigenvalue weighted by Gasteiger charge is -2.04. The fourth-order valence-electron chi connectivity index (χ4n) is 2.55. The summed E-state index contributed by atoms with van der Waals surface area (Å²) in [6.07, 6.45) is 3.82. The number of rotatable bonds is 8. The molecule has 24 heavy (non-hydrogen) atoms. The van der Waals surface area contributed by atoms with E-state index in [0.29, 0.717) is 13.0 Å². The SMILES string of the molecule is CCCCCC(=O)c1cc(OCc2ccc3ccccc3n2)cs1. The van der Waals surface area contributed by atoms with Crippen molar-refractivity contribution in [3.05, 3.63) is 58.4 Å². The topological polar surface area (TPSA) is 39.2 Å². The molecule has 3 aromatic rings. The lowest BCUT2D eigenvalue weighted by molar-refractivity contribution is 0.0983. The number of Topliss-reactive ketones (excluding diaryl/α,β-unsaturated/α-hetero) is 1. The van der Waals surface area contributed by atoms with Crippen LogP contribution in [0.3, 0.4) is 0 Å². The van der Waals surface area contributed by atoms with Crippen LogP contribution in [0.2, 0.25) is 0 Å². The Bertz CT molecular complexity index is 825. The number of aromatic nitrogens is 1. The Hall–Kier alpha value is -2.20. The molecule has 2 heterocycles. The first-order valence-corrected chi connectivity index (χ1v) is 9.23. The zero-order valence-electron chi connectivity index (χ0n) is 13.8. The van der Waals surface area contributed by atoms with Crippen molar-refractivity contribution in [3.8, 4) is 5.75 Å². The van der Waals surface area contributed by atoms with Crippen LogP contribution < -0.4 is 4.74 Å². The second-order valence-electron chi connectivity index (χ2n) is 5.81. The largest absolute Gasteiger partial charge is 0.486 e. The van der Waals surface area contributed by atoms with E-state index in [9.17, 15) is 4.79 Å². The predicted molar refractivity (Wildman–Crippen MR) is 98.9 cm³/mol. The number of thiophene rings is 1. The number of ether oxygens (including phenoxy) is 1. The van der Waals surface area contributed by atoms with Crippen molar-refractivity contribution < 1.29 is 9.53 Å². The third kappa shape index (κ3) is 4.20. The number of carbonyl (C=O) groups excluding carboxylic acids is 1. The Balaban J connectivity index is 1.59. The van der Waals surface area contributed by atoms with Gasteiger partial charge in [-0.05, 0) is 18.6 Å². The number of para-hydroxylation sites is 1. The first kappa shape index (κ1) is 16.7. The lowest BCUT2D eigenvalue weighted by atomic mass is 10.1. The Labute approximate surface area is 146 Å². The maximum atomic E-state index is 12.1. The molecule has 0 amide bonds. The molecule has 0 saturated heterocycles. The third-order valence-electron chi connectivity index (χ3n) is 3.90. The van der Waals surface area contributed by atoms with Gasteiger partial charge in [-0.25, -0.2) is 4.98 Å². The number of carbonyl (C=O) groups is 1. The summed E-state index contributed by atoms with van der Waals surface area (Å²) in [5.41, 5.74) is 1.85. The normalized spacial score (nSPS) is 10.9. The van der Waals surface area contributed by atoms with E-state index in [1.54, 1.807) is 0 Å². The molecule has 0 unspecified atom stereocenters. The number of pyridine rings is 1. The van der Waals surface area contributed by atoms with Gasteiger partial charge in [0.1, 0.15) is 12.4 Å². The summed E-state index contributed by atoms with van der Waals surface area (Å²) in [5, 5.41) is 3.02. The second kappa shape index (κ2) is 8.06. The van der Waals surface area contributed by atoms with Crippen LogP contribution in [0.5, 0.6) is 5.75 Å². The zero-order valence-corrected chi connectivity index (χ0v) is 14.6. The highest BCUT2D eigenvalue weighted by molar-refractivity contribution is 7.12. The summed E-state index contributed by atoms with van der Waals surface area (Å²) >= 11 is 1.46. The molecular formula is C20H21NO2S. The van der Waals surface area contributed by atoms with Gasteiger partial charge in [0.15, 0.2) is 5.78 Å². The van der Waals surface area contributed by atoms with Crippen molar-refractivity contribution in [1.29, 1.82) is 0 Å². The first-order chi connectivity index (χ1) is 11.8. The minimum absolute atomic E-state index is 0.215. The van der Waals surface area contributed by atoms with Crippen molar-refractivity contribution in [2.75, 3.05) is 0 Å². The summed E-state index contributed by atoms with van der Waals surface area (Å²) in [4.78, 5) is 17.5. The second-order valence-corrected chi connectivity index (χ2v) is 6.72. The fourth-order valence-corrected chi connectivity index (χ4v) is 3.34. The number of hydrogen-bond acceptors (Lipinski definition) is 4. The highest BCUT2D eigenvalue weighted by Gasteiger charge is 2.10. The third-order valence-corrected chi connectivity index (χ3v) is 4.85. The quantitative estimate of drug-likeness (QED) is 0.394. The average molecular weight is 339 g/mol. The lowest BCUT2D eigenvalue weighted by Crippen LogP contribution is -1.98. The van der Waals surface area contributed by atoms with E-state index in [0.717, 1.165) is 46.5 Å². The molecule has 0 fully saturated rings. The molecule has 0 saturated carbocycles. The predicted octanol–water partition coefficient (Wildman–Crippen LogP) is 5.64. The molecule has 0 atom stereocenters. The number of ketones is 1. The summed E-state index contributed by atoms with van der Waals surface area (Å²) in [6, 6.07) is 13.9. The molecule has 0 aliphatic rings. The number of unbranched alkanes of at least 4 members (excludes halogenated alkanes) is 2. The molecule has 0 bridgehead atoms. The molecule has 1 aromatic carbocycles. The van der Waals surface area contributed by atoms with E-state index in [1.165, 1.54) is 11.3 Å². The van der Waals surface area contributed by atoms with Gasteiger partial charge >= 0.3 is 0 Å². The highest BCUT2D eigenvalue weighted by Crippen LogP contribution is 2.24. The Morgan fingerprint density at radius 2 is 2.04 bits per heavy atom. The van der Waals surface area contributed by atoms with E-state index in [-0.39, 0.29) is 5.78 Å². The van der Waals surface area contributed by atoms with E-state index < -0.39 is 0 Å². The van der Waals surface area contributed by atoms with Crippen molar-refractivity contribution in [1.82, 2.24) is 4.98 Å². The van der Waals surface area contributed by atoms with E-state index >= 15 is 0 Å². The molecule has 3 rings (SSSR count). The zero-order chi connectivity index (χ0) is 16.8. The molecule has 0 aliphatic carbocycles. The summed E-state index contributed by atoms with van der Waals surface area (Å²) < 4.78 is 5.79. The van der Waals surface area contributed by atoms with Crippen LogP contribution >= 0.6 is 11.3 Å². The van der Waals surface area contributed by atoms with Gasteiger partial charge in [-0.1, -0.05) is 44.0 Å². The number of nitrogens with zero attached hydrogens (tertiary/aromatic N) is 1. The van der Waals surface area contributed by atoms with E-state index in [2.05, 4.69) is 18.0 Å². The monoisotopic (exact) mass is 339 g/mol. The van der Waals surface area contributed by atoms with Crippen LogP contribution in [0, 0.1) is 0 Å². The molecule has 0 spiro atoms. The van der Waals surface area contributed by atoms with Crippen LogP contribution in [0.25, 0.3) is 10.9 Å². The summed E-state index contributed by atoms with van der Waals surface area (Å²) in [7, 11) is 0. The smallest absolute Gasteiger partial charge is 0.172 e. The minimum atomic E-state index is 0.215. The maximum absolute atomic E-state index is 12.1. The Morgan fingerprint density at radius 1 is 1.17 bits per heavy atom. The molecule has 3 nitrogen and oxygen atoms in total. The van der Waals surface area contributed by atoms with Crippen LogP contribution in [0.4, 0.5) is 0 Å². The Morgan fingerprint density at radius 3 is 2.92 bits per heavy atom. The fraction of sp³-hybridized carbons (Fsp3) is 0.300. The molecular weight excluding hydrogens is 318 g/mol. The number of benzene rings is 1. The van der Waals surface area contributed by atoms with Gasteiger partial charge in [0.25, 0.3) is 0 Å². The van der Waals surface area contributed by atoms with E-state index in [4.69, 9.17) is 4.74 Å². The van der Waals surface area contributed by atoms with Gasteiger partial charge in [0, 0.05) is 23.3 Å². The van der Waals surface area contributed by atoms with Crippen molar-refractivity contribution in [2.45, 2.75) is 39.2 Å². The maximum Gasteiger partial charge on any atom is 0.172 e. The number of fused-ring (bicyclic) bond motifs is 1. The molecule has 4 heteroatoms. The molecule has 2 aromatic heterocycles. The summed E-state index contributed by atoms with van der Waals surface area (Å²) in [5.74, 6) is 0.959. The van der Waals surface area contributed by atoms with Gasteiger partial charge in [-0.2, -0.15) is 0 Å². The minimum Gasteiger partial charge on any atom is -0.486 e. The number of hydrogen-bond donors (Lipinski definition) is 0. The van der Waals surface area contributed by atoms with Crippen molar-refractivity contribution in [2.24, 2.45) is 0 Å². The molecule has 0 N–H and O–H groups in total. The molecule has 0 aliphatic heterocycles. The van der Waals surface area contributed by atoms with Gasteiger partial charge in [-0.15, -0.1) is 11.3 Å². The Kier molecular flexibility index (Phi) is 5.59. The average Bonchev–Trinajstić information content (AvgIpc) is 3.09. The van der Waals surface area contributed by atoms with Crippen LogP contribution in [-0.4, -0.2) is 10.8 Å². The highest BCUT2D eigenvalue weighted by atomic mass is 32.1. The van der Waals surface area contributed by atoms with Crippen LogP contribution in [0.15, 0.2) is 47.8 Å². The van der Waals surface area contributed by atoms with E-state index in [1.807, 2.05) is 41.8 Å². The standard InChI is InChI=1S/C20H21NO2S/c1-2-3-4-9-19(22)20-12-17(14-24-20)23-13-16-11-10-15-7-5-6-8-18(15)21-16/h5-8,10-12,14H,2-4,9,13H2,1H3. The van der Waals surface area contributed by atoms with Crippen LogP contribution in [0.1, 0.15) is 48.0 Å². The first-order valence-electron chi connectivity index (χ1n) is 8.35. The van der Waals surface area contributed by atoms with Gasteiger partial charge in [0.2, 0.25) is 0 Å². The van der Waals surface area contributed by atoms with Gasteiger partial charge in [0.05, 0.1) is 16.1 Å². The summed E-state index contributed by atoms with van der Waals surface area (Å²) in [6.45, 7) is 2.55.